The largest absolute Gasteiger partial charge is 0.459 e. The number of carbonyl (C=O) groups excluding carboxylic acids is 1. The van der Waals surface area contributed by atoms with Crippen LogP contribution in [0.5, 0.6) is 0 Å². The third-order valence-electron chi connectivity index (χ3n) is 6.97. The Balaban J connectivity index is 1.49. The van der Waals surface area contributed by atoms with Gasteiger partial charge in [0.05, 0.1) is 5.56 Å². The van der Waals surface area contributed by atoms with Crippen LogP contribution in [-0.4, -0.2) is 12.1 Å². The molecule has 1 saturated carbocycles. The van der Waals surface area contributed by atoms with E-state index in [1.165, 1.54) is 56.1 Å². The zero-order valence-corrected chi connectivity index (χ0v) is 19.7. The summed E-state index contributed by atoms with van der Waals surface area (Å²) in [6.45, 7) is 6.80. The number of hydrogen-bond acceptors (Lipinski definition) is 2. The fraction of sp³-hybridized carbons (Fsp3) is 0.552. The summed E-state index contributed by atoms with van der Waals surface area (Å²) < 4.78 is 5.82. The summed E-state index contributed by atoms with van der Waals surface area (Å²) in [5, 5.41) is 0. The number of benzene rings is 2. The molecular formula is C29H40O2. The molecule has 31 heavy (non-hydrogen) atoms. The summed E-state index contributed by atoms with van der Waals surface area (Å²) in [4.78, 5) is 12.6. The molecule has 0 N–H and O–H groups in total. The molecule has 0 amide bonds. The fourth-order valence-electron chi connectivity index (χ4n) is 4.62. The average Bonchev–Trinajstić information content (AvgIpc) is 2.81. The Labute approximate surface area is 189 Å². The highest BCUT2D eigenvalue weighted by Gasteiger charge is 2.24. The molecule has 2 aromatic rings. The van der Waals surface area contributed by atoms with E-state index in [1.807, 2.05) is 24.3 Å². The Hall–Kier alpha value is -2.09. The van der Waals surface area contributed by atoms with Gasteiger partial charge >= 0.3 is 5.97 Å². The summed E-state index contributed by atoms with van der Waals surface area (Å²) >= 11 is 0. The van der Waals surface area contributed by atoms with Gasteiger partial charge in [-0.2, -0.15) is 0 Å². The Bertz CT molecular complexity index is 782. The molecule has 1 aliphatic carbocycles. The van der Waals surface area contributed by atoms with Crippen LogP contribution >= 0.6 is 0 Å². The number of carbonyl (C=O) groups is 1. The van der Waals surface area contributed by atoms with Crippen molar-refractivity contribution in [3.05, 3.63) is 59.7 Å². The smallest absolute Gasteiger partial charge is 0.338 e. The van der Waals surface area contributed by atoms with Crippen LogP contribution in [0.15, 0.2) is 48.5 Å². The van der Waals surface area contributed by atoms with Gasteiger partial charge in [-0.05, 0) is 72.8 Å². The number of hydrogen-bond donors (Lipinski definition) is 0. The van der Waals surface area contributed by atoms with Crippen LogP contribution < -0.4 is 0 Å². The van der Waals surface area contributed by atoms with E-state index in [0.717, 1.165) is 30.7 Å². The standard InChI is InChI=1S/C29H40O2/c1-4-6-7-8-23-11-19-28(20-12-23)31-29(30)27-17-15-26(16-18-27)25-13-9-24(10-14-25)21-22(3)5-2/h9-10,13-18,22-23,28H,4-8,11-12,19-21H2,1-3H3. The zero-order chi connectivity index (χ0) is 22.1. The molecule has 2 aromatic carbocycles. The monoisotopic (exact) mass is 420 g/mol. The third kappa shape index (κ3) is 7.23. The lowest BCUT2D eigenvalue weighted by atomic mass is 9.84. The maximum absolute atomic E-state index is 12.6. The molecular weight excluding hydrogens is 380 g/mol. The van der Waals surface area contributed by atoms with Gasteiger partial charge in [0.2, 0.25) is 0 Å². The Kier molecular flexibility index (Phi) is 9.18. The van der Waals surface area contributed by atoms with E-state index in [1.54, 1.807) is 0 Å². The lowest BCUT2D eigenvalue weighted by molar-refractivity contribution is 0.0161. The first-order valence-corrected chi connectivity index (χ1v) is 12.5. The van der Waals surface area contributed by atoms with E-state index in [-0.39, 0.29) is 12.1 Å². The van der Waals surface area contributed by atoms with Gasteiger partial charge in [-0.3, -0.25) is 0 Å². The van der Waals surface area contributed by atoms with Crippen LogP contribution in [0, 0.1) is 11.8 Å². The lowest BCUT2D eigenvalue weighted by Crippen LogP contribution is -2.24. The van der Waals surface area contributed by atoms with Crippen LogP contribution in [0.25, 0.3) is 11.1 Å². The van der Waals surface area contributed by atoms with Crippen LogP contribution in [-0.2, 0) is 11.2 Å². The average molecular weight is 421 g/mol. The summed E-state index contributed by atoms with van der Waals surface area (Å²) in [6.07, 6.45) is 12.2. The van der Waals surface area contributed by atoms with E-state index >= 15 is 0 Å². The normalized spacial score (nSPS) is 19.7. The maximum Gasteiger partial charge on any atom is 0.338 e. The van der Waals surface area contributed by atoms with Gasteiger partial charge in [-0.25, -0.2) is 4.79 Å². The molecule has 2 heteroatoms. The molecule has 1 atom stereocenters. The molecule has 0 spiro atoms. The third-order valence-corrected chi connectivity index (χ3v) is 6.97. The van der Waals surface area contributed by atoms with Gasteiger partial charge in [0.25, 0.3) is 0 Å². The quantitative estimate of drug-likeness (QED) is 0.286. The number of esters is 1. The molecule has 2 nitrogen and oxygen atoms in total. The maximum atomic E-state index is 12.6. The molecule has 0 aliphatic heterocycles. The molecule has 0 bridgehead atoms. The van der Waals surface area contributed by atoms with Crippen molar-refractivity contribution in [2.24, 2.45) is 11.8 Å². The van der Waals surface area contributed by atoms with Crippen molar-refractivity contribution in [3.8, 4) is 11.1 Å². The predicted octanol–water partition coefficient (Wildman–Crippen LogP) is 8.24. The van der Waals surface area contributed by atoms with Crippen molar-refractivity contribution in [1.29, 1.82) is 0 Å². The second-order valence-corrected chi connectivity index (χ2v) is 9.54. The van der Waals surface area contributed by atoms with Crippen molar-refractivity contribution >= 4 is 5.97 Å². The van der Waals surface area contributed by atoms with Crippen molar-refractivity contribution in [3.63, 3.8) is 0 Å². The topological polar surface area (TPSA) is 26.3 Å². The van der Waals surface area contributed by atoms with Crippen molar-refractivity contribution in [2.75, 3.05) is 0 Å². The zero-order valence-electron chi connectivity index (χ0n) is 19.7. The van der Waals surface area contributed by atoms with E-state index < -0.39 is 0 Å². The Morgan fingerprint density at radius 3 is 2.10 bits per heavy atom. The van der Waals surface area contributed by atoms with Gasteiger partial charge in [0.1, 0.15) is 6.10 Å². The first-order chi connectivity index (χ1) is 15.1. The van der Waals surface area contributed by atoms with Crippen LogP contribution in [0.2, 0.25) is 0 Å². The SMILES string of the molecule is CCCCCC1CCC(OC(=O)c2ccc(-c3ccc(CC(C)CC)cc3)cc2)CC1. The number of rotatable bonds is 10. The second-order valence-electron chi connectivity index (χ2n) is 9.54. The second kappa shape index (κ2) is 12.1. The van der Waals surface area contributed by atoms with E-state index in [9.17, 15) is 4.79 Å². The minimum absolute atomic E-state index is 0.0904. The Morgan fingerprint density at radius 1 is 0.903 bits per heavy atom. The van der Waals surface area contributed by atoms with Crippen molar-refractivity contribution in [1.82, 2.24) is 0 Å². The molecule has 0 saturated heterocycles. The molecule has 1 unspecified atom stereocenters. The number of ether oxygens (including phenoxy) is 1. The van der Waals surface area contributed by atoms with Crippen molar-refractivity contribution in [2.45, 2.75) is 91.1 Å². The van der Waals surface area contributed by atoms with Gasteiger partial charge in [0.15, 0.2) is 0 Å². The first kappa shape index (κ1) is 23.6. The molecule has 1 aliphatic rings. The summed E-state index contributed by atoms with van der Waals surface area (Å²) in [7, 11) is 0. The first-order valence-electron chi connectivity index (χ1n) is 12.5. The van der Waals surface area contributed by atoms with E-state index in [2.05, 4.69) is 45.0 Å². The van der Waals surface area contributed by atoms with Gasteiger partial charge < -0.3 is 4.74 Å². The minimum atomic E-state index is -0.176. The summed E-state index contributed by atoms with van der Waals surface area (Å²) in [5.74, 6) is 1.37. The molecule has 0 aromatic heterocycles. The molecule has 168 valence electrons. The van der Waals surface area contributed by atoms with Gasteiger partial charge in [0, 0.05) is 0 Å². The lowest BCUT2D eigenvalue weighted by Gasteiger charge is -2.28. The molecule has 0 heterocycles. The van der Waals surface area contributed by atoms with Gasteiger partial charge in [-0.1, -0.05) is 89.3 Å². The van der Waals surface area contributed by atoms with Crippen LogP contribution in [0.3, 0.4) is 0 Å². The highest BCUT2D eigenvalue weighted by Crippen LogP contribution is 2.30. The molecule has 1 fully saturated rings. The van der Waals surface area contributed by atoms with E-state index in [4.69, 9.17) is 4.74 Å². The Morgan fingerprint density at radius 2 is 1.52 bits per heavy atom. The molecule has 0 radical (unpaired) electrons. The fourth-order valence-corrected chi connectivity index (χ4v) is 4.62. The van der Waals surface area contributed by atoms with Crippen LogP contribution in [0.4, 0.5) is 0 Å². The summed E-state index contributed by atoms with van der Waals surface area (Å²) in [5.41, 5.74) is 4.37. The number of unbranched alkanes of at least 4 members (excludes halogenated alkanes) is 2. The predicted molar refractivity (Wildman–Crippen MR) is 130 cm³/mol. The molecule has 3 rings (SSSR count). The minimum Gasteiger partial charge on any atom is -0.459 e. The highest BCUT2D eigenvalue weighted by atomic mass is 16.5. The van der Waals surface area contributed by atoms with Crippen LogP contribution in [0.1, 0.15) is 94.5 Å². The van der Waals surface area contributed by atoms with E-state index in [0.29, 0.717) is 11.5 Å². The van der Waals surface area contributed by atoms with Gasteiger partial charge in [-0.15, -0.1) is 0 Å². The highest BCUT2D eigenvalue weighted by molar-refractivity contribution is 5.90. The van der Waals surface area contributed by atoms with Crippen molar-refractivity contribution < 1.29 is 9.53 Å². The summed E-state index contributed by atoms with van der Waals surface area (Å²) in [6, 6.07) is 16.7.